The van der Waals surface area contributed by atoms with Gasteiger partial charge in [0.05, 0.1) is 4.90 Å². The molecule has 0 aliphatic carbocycles. The van der Waals surface area contributed by atoms with Gasteiger partial charge in [-0.15, -0.1) is 0 Å². The van der Waals surface area contributed by atoms with Gasteiger partial charge in [-0.1, -0.05) is 34.1 Å². The molecule has 2 aromatic carbocycles. The Labute approximate surface area is 141 Å². The third kappa shape index (κ3) is 3.85. The molecule has 0 bridgehead atoms. The summed E-state index contributed by atoms with van der Waals surface area (Å²) in [6.07, 6.45) is 0. The second-order valence-corrected chi connectivity index (χ2v) is 7.95. The van der Waals surface area contributed by atoms with Gasteiger partial charge in [-0.2, -0.15) is 0 Å². The predicted molar refractivity (Wildman–Crippen MR) is 91.4 cm³/mol. The SMILES string of the molecule is CC(NS(=O)(=O)c1cc(N)ccc1Br)c1ccccc1Br. The highest BCUT2D eigenvalue weighted by molar-refractivity contribution is 9.10. The number of sulfonamides is 1. The summed E-state index contributed by atoms with van der Waals surface area (Å²) in [6, 6.07) is 11.8. The molecule has 7 heteroatoms. The van der Waals surface area contributed by atoms with Crippen molar-refractivity contribution in [3.8, 4) is 0 Å². The molecule has 2 rings (SSSR count). The average Bonchev–Trinajstić information content (AvgIpc) is 2.41. The number of nitrogens with one attached hydrogen (secondary N) is 1. The summed E-state index contributed by atoms with van der Waals surface area (Å²) in [5.41, 5.74) is 6.93. The van der Waals surface area contributed by atoms with Crippen LogP contribution >= 0.6 is 31.9 Å². The molecule has 0 aliphatic rings. The van der Waals surface area contributed by atoms with Gasteiger partial charge in [0, 0.05) is 20.7 Å². The number of rotatable bonds is 4. The summed E-state index contributed by atoms with van der Waals surface area (Å²) in [6.45, 7) is 1.79. The van der Waals surface area contributed by atoms with Crippen molar-refractivity contribution in [3.05, 3.63) is 57.0 Å². The van der Waals surface area contributed by atoms with Gasteiger partial charge in [-0.05, 0) is 52.7 Å². The van der Waals surface area contributed by atoms with E-state index in [0.29, 0.717) is 10.2 Å². The zero-order valence-corrected chi connectivity index (χ0v) is 15.2. The molecule has 112 valence electrons. The van der Waals surface area contributed by atoms with Crippen LogP contribution in [0.1, 0.15) is 18.5 Å². The molecule has 3 N–H and O–H groups in total. The minimum atomic E-state index is -3.68. The summed E-state index contributed by atoms with van der Waals surface area (Å²) in [4.78, 5) is 0.126. The molecule has 0 radical (unpaired) electrons. The summed E-state index contributed by atoms with van der Waals surface area (Å²) in [7, 11) is -3.68. The van der Waals surface area contributed by atoms with E-state index in [1.807, 2.05) is 24.3 Å². The molecule has 2 aromatic rings. The van der Waals surface area contributed by atoms with E-state index in [2.05, 4.69) is 36.6 Å². The van der Waals surface area contributed by atoms with Crippen LogP contribution in [-0.4, -0.2) is 8.42 Å². The van der Waals surface area contributed by atoms with Crippen LogP contribution in [0.25, 0.3) is 0 Å². The number of benzene rings is 2. The lowest BCUT2D eigenvalue weighted by atomic mass is 10.1. The summed E-state index contributed by atoms with van der Waals surface area (Å²) >= 11 is 6.67. The first-order valence-corrected chi connectivity index (χ1v) is 9.20. The van der Waals surface area contributed by atoms with Gasteiger partial charge in [0.15, 0.2) is 0 Å². The molecule has 0 amide bonds. The Kier molecular flexibility index (Phi) is 5.08. The lowest BCUT2D eigenvalue weighted by molar-refractivity contribution is 0.566. The fourth-order valence-electron chi connectivity index (χ4n) is 1.91. The van der Waals surface area contributed by atoms with Gasteiger partial charge in [0.1, 0.15) is 0 Å². The molecular formula is C14H14Br2N2O2S. The molecule has 1 atom stereocenters. The Morgan fingerprint density at radius 2 is 1.76 bits per heavy atom. The van der Waals surface area contributed by atoms with Crippen LogP contribution in [0, 0.1) is 0 Å². The van der Waals surface area contributed by atoms with Gasteiger partial charge in [0.2, 0.25) is 10.0 Å². The Hall–Kier alpha value is -0.890. The van der Waals surface area contributed by atoms with Crippen molar-refractivity contribution in [2.45, 2.75) is 17.9 Å². The molecule has 4 nitrogen and oxygen atoms in total. The van der Waals surface area contributed by atoms with E-state index in [4.69, 9.17) is 5.73 Å². The van der Waals surface area contributed by atoms with Crippen molar-refractivity contribution < 1.29 is 8.42 Å². The van der Waals surface area contributed by atoms with E-state index in [-0.39, 0.29) is 10.9 Å². The fourth-order valence-corrected chi connectivity index (χ4v) is 4.76. The molecule has 0 fully saturated rings. The molecule has 0 saturated heterocycles. The maximum absolute atomic E-state index is 12.5. The second kappa shape index (κ2) is 6.48. The monoisotopic (exact) mass is 432 g/mol. The van der Waals surface area contributed by atoms with Crippen LogP contribution in [0.15, 0.2) is 56.3 Å². The van der Waals surface area contributed by atoms with E-state index in [9.17, 15) is 8.42 Å². The Morgan fingerprint density at radius 3 is 2.43 bits per heavy atom. The quantitative estimate of drug-likeness (QED) is 0.719. The third-order valence-electron chi connectivity index (χ3n) is 2.95. The molecule has 1 unspecified atom stereocenters. The van der Waals surface area contributed by atoms with Gasteiger partial charge in [-0.3, -0.25) is 0 Å². The van der Waals surface area contributed by atoms with Crippen molar-refractivity contribution in [3.63, 3.8) is 0 Å². The number of nitrogens with two attached hydrogens (primary N) is 1. The van der Waals surface area contributed by atoms with Crippen LogP contribution in [0.2, 0.25) is 0 Å². The van der Waals surface area contributed by atoms with Crippen LogP contribution in [-0.2, 0) is 10.0 Å². The summed E-state index contributed by atoms with van der Waals surface area (Å²) in [5, 5.41) is 0. The first-order chi connectivity index (χ1) is 9.81. The molecular weight excluding hydrogens is 420 g/mol. The number of hydrogen-bond donors (Lipinski definition) is 2. The van der Waals surface area contributed by atoms with E-state index in [0.717, 1.165) is 10.0 Å². The summed E-state index contributed by atoms with van der Waals surface area (Å²) < 4.78 is 29.0. The molecule has 0 heterocycles. The van der Waals surface area contributed by atoms with E-state index < -0.39 is 10.0 Å². The second-order valence-electron chi connectivity index (χ2n) is 4.55. The maximum Gasteiger partial charge on any atom is 0.242 e. The minimum Gasteiger partial charge on any atom is -0.399 e. The standard InChI is InChI=1S/C14H14Br2N2O2S/c1-9(11-4-2-3-5-12(11)15)18-21(19,20)14-8-10(17)6-7-13(14)16/h2-9,18H,17H2,1H3. The fraction of sp³-hybridized carbons (Fsp3) is 0.143. The normalized spacial score (nSPS) is 13.1. The Morgan fingerprint density at radius 1 is 1.10 bits per heavy atom. The first kappa shape index (κ1) is 16.5. The van der Waals surface area contributed by atoms with Crippen molar-refractivity contribution in [2.24, 2.45) is 0 Å². The zero-order chi connectivity index (χ0) is 15.6. The maximum atomic E-state index is 12.5. The minimum absolute atomic E-state index is 0.126. The smallest absolute Gasteiger partial charge is 0.242 e. The number of halogens is 2. The lowest BCUT2D eigenvalue weighted by Gasteiger charge is -2.17. The number of anilines is 1. The molecule has 21 heavy (non-hydrogen) atoms. The van der Waals surface area contributed by atoms with Crippen molar-refractivity contribution in [1.82, 2.24) is 4.72 Å². The zero-order valence-electron chi connectivity index (χ0n) is 11.2. The Balaban J connectivity index is 2.34. The largest absolute Gasteiger partial charge is 0.399 e. The number of hydrogen-bond acceptors (Lipinski definition) is 3. The highest BCUT2D eigenvalue weighted by Crippen LogP contribution is 2.28. The molecule has 0 aliphatic heterocycles. The van der Waals surface area contributed by atoms with Gasteiger partial charge in [0.25, 0.3) is 0 Å². The van der Waals surface area contributed by atoms with Gasteiger partial charge < -0.3 is 5.73 Å². The van der Waals surface area contributed by atoms with E-state index in [1.165, 1.54) is 6.07 Å². The van der Waals surface area contributed by atoms with Crippen molar-refractivity contribution in [1.29, 1.82) is 0 Å². The molecule has 0 saturated carbocycles. The number of nitrogen functional groups attached to an aromatic ring is 1. The average molecular weight is 434 g/mol. The molecule has 0 spiro atoms. The van der Waals surface area contributed by atoms with Crippen molar-refractivity contribution >= 4 is 47.6 Å². The predicted octanol–water partition coefficient (Wildman–Crippen LogP) is 3.83. The molecule has 0 aromatic heterocycles. The van der Waals surface area contributed by atoms with E-state index in [1.54, 1.807) is 19.1 Å². The van der Waals surface area contributed by atoms with Crippen molar-refractivity contribution in [2.75, 3.05) is 5.73 Å². The Bertz CT molecular complexity index is 763. The summed E-state index contributed by atoms with van der Waals surface area (Å²) in [5.74, 6) is 0. The van der Waals surface area contributed by atoms with Gasteiger partial charge >= 0.3 is 0 Å². The van der Waals surface area contributed by atoms with Crippen LogP contribution in [0.4, 0.5) is 5.69 Å². The van der Waals surface area contributed by atoms with Crippen LogP contribution < -0.4 is 10.5 Å². The van der Waals surface area contributed by atoms with Crippen LogP contribution in [0.5, 0.6) is 0 Å². The first-order valence-electron chi connectivity index (χ1n) is 6.13. The topological polar surface area (TPSA) is 72.2 Å². The van der Waals surface area contributed by atoms with Gasteiger partial charge in [-0.25, -0.2) is 13.1 Å². The highest BCUT2D eigenvalue weighted by Gasteiger charge is 2.22. The van der Waals surface area contributed by atoms with Crippen LogP contribution in [0.3, 0.4) is 0 Å². The highest BCUT2D eigenvalue weighted by atomic mass is 79.9. The third-order valence-corrected chi connectivity index (χ3v) is 6.21. The van der Waals surface area contributed by atoms with E-state index >= 15 is 0 Å². The lowest BCUT2D eigenvalue weighted by Crippen LogP contribution is -2.27.